The molecule has 1 atom stereocenters. The van der Waals surface area contributed by atoms with Crippen molar-refractivity contribution in [1.82, 2.24) is 15.8 Å². The van der Waals surface area contributed by atoms with Crippen LogP contribution in [0.15, 0.2) is 28.8 Å². The van der Waals surface area contributed by atoms with Crippen molar-refractivity contribution in [2.75, 3.05) is 6.54 Å². The molecule has 26 heavy (non-hydrogen) atoms. The third-order valence-corrected chi connectivity index (χ3v) is 4.50. The van der Waals surface area contributed by atoms with Gasteiger partial charge in [0.1, 0.15) is 24.2 Å². The number of nitrogens with one attached hydrogen (secondary N) is 2. The molecule has 0 saturated carbocycles. The number of carbonyl (C=O) groups is 2. The summed E-state index contributed by atoms with van der Waals surface area (Å²) in [6.45, 7) is 4.67. The number of carbonyl (C=O) groups excluding carboxylic acids is 2. The molecule has 0 radical (unpaired) electrons. The van der Waals surface area contributed by atoms with Gasteiger partial charge in [-0.15, -0.1) is 0 Å². The van der Waals surface area contributed by atoms with Crippen molar-refractivity contribution < 1.29 is 18.8 Å². The Morgan fingerprint density at radius 2 is 2.23 bits per heavy atom. The maximum atomic E-state index is 12.5. The minimum atomic E-state index is -0.489. The highest BCUT2D eigenvalue weighted by molar-refractivity contribution is 5.97. The number of hydrogen-bond acceptors (Lipinski definition) is 5. The van der Waals surface area contributed by atoms with Gasteiger partial charge in [0.05, 0.1) is 11.3 Å². The van der Waals surface area contributed by atoms with Gasteiger partial charge in [-0.1, -0.05) is 11.2 Å². The molecule has 7 nitrogen and oxygen atoms in total. The molecule has 0 unspecified atom stereocenters. The van der Waals surface area contributed by atoms with Gasteiger partial charge in [-0.3, -0.25) is 9.59 Å². The van der Waals surface area contributed by atoms with Gasteiger partial charge in [0.15, 0.2) is 0 Å². The van der Waals surface area contributed by atoms with Gasteiger partial charge < -0.3 is 19.9 Å². The van der Waals surface area contributed by atoms with Gasteiger partial charge in [0, 0.05) is 12.1 Å². The minimum Gasteiger partial charge on any atom is -0.489 e. The molecule has 2 heterocycles. The van der Waals surface area contributed by atoms with Crippen LogP contribution in [-0.2, 0) is 11.4 Å². The summed E-state index contributed by atoms with van der Waals surface area (Å²) in [5, 5.41) is 9.52. The summed E-state index contributed by atoms with van der Waals surface area (Å²) in [6, 6.07) is 6.42. The van der Waals surface area contributed by atoms with Crippen molar-refractivity contribution in [3.05, 3.63) is 46.8 Å². The van der Waals surface area contributed by atoms with Crippen LogP contribution in [0.4, 0.5) is 0 Å². The average Bonchev–Trinajstić information content (AvgIpc) is 2.82. The first-order valence-electron chi connectivity index (χ1n) is 8.78. The predicted octanol–water partition coefficient (Wildman–Crippen LogP) is 2.27. The maximum Gasteiger partial charge on any atom is 0.252 e. The van der Waals surface area contributed by atoms with E-state index in [1.54, 1.807) is 24.3 Å². The van der Waals surface area contributed by atoms with Crippen molar-refractivity contribution >= 4 is 11.8 Å². The summed E-state index contributed by atoms with van der Waals surface area (Å²) in [5.41, 5.74) is 2.14. The first kappa shape index (κ1) is 18.0. The fraction of sp³-hybridized carbons (Fsp3) is 0.421. The molecule has 3 rings (SSSR count). The Labute approximate surface area is 152 Å². The minimum absolute atomic E-state index is 0.123. The summed E-state index contributed by atoms with van der Waals surface area (Å²) in [7, 11) is 0. The Morgan fingerprint density at radius 1 is 1.38 bits per heavy atom. The van der Waals surface area contributed by atoms with Gasteiger partial charge >= 0.3 is 0 Å². The van der Waals surface area contributed by atoms with Gasteiger partial charge in [-0.25, -0.2) is 0 Å². The van der Waals surface area contributed by atoms with Crippen molar-refractivity contribution in [3.8, 4) is 5.75 Å². The Kier molecular flexibility index (Phi) is 5.55. The lowest BCUT2D eigenvalue weighted by Gasteiger charge is -2.15. The lowest BCUT2D eigenvalue weighted by atomic mass is 10.1. The normalized spacial score (nSPS) is 17.3. The summed E-state index contributed by atoms with van der Waals surface area (Å²) >= 11 is 0. The molecule has 2 amide bonds. The molecule has 1 aliphatic heterocycles. The molecule has 1 aromatic heterocycles. The van der Waals surface area contributed by atoms with Gasteiger partial charge in [-0.2, -0.15) is 0 Å². The van der Waals surface area contributed by atoms with E-state index >= 15 is 0 Å². The fourth-order valence-corrected chi connectivity index (χ4v) is 2.91. The van der Waals surface area contributed by atoms with Crippen molar-refractivity contribution in [2.45, 2.75) is 45.8 Å². The number of rotatable bonds is 5. The van der Waals surface area contributed by atoms with Crippen molar-refractivity contribution in [2.24, 2.45) is 0 Å². The highest BCUT2D eigenvalue weighted by Crippen LogP contribution is 2.19. The number of hydrogen-bond donors (Lipinski definition) is 2. The van der Waals surface area contributed by atoms with Crippen LogP contribution in [0.25, 0.3) is 0 Å². The van der Waals surface area contributed by atoms with Crippen LogP contribution in [0.2, 0.25) is 0 Å². The number of amides is 2. The molecular weight excluding hydrogens is 334 g/mol. The van der Waals surface area contributed by atoms with E-state index in [9.17, 15) is 9.59 Å². The molecule has 0 aliphatic carbocycles. The van der Waals surface area contributed by atoms with Gasteiger partial charge in [0.25, 0.3) is 5.91 Å². The molecule has 1 aliphatic rings. The lowest BCUT2D eigenvalue weighted by Crippen LogP contribution is -2.45. The average molecular weight is 357 g/mol. The van der Waals surface area contributed by atoms with Crippen LogP contribution in [0.5, 0.6) is 5.75 Å². The standard InChI is InChI=1S/C19H23N3O4/c1-12-16(13(2)26-22-12)11-25-15-7-5-6-14(10-15)18(23)21-17-8-3-4-9-20-19(17)24/h5-7,10,17H,3-4,8-9,11H2,1-2H3,(H,20,24)(H,21,23)/t17-/m1/s1. The Bertz CT molecular complexity index is 780. The molecule has 2 N–H and O–H groups in total. The summed E-state index contributed by atoms with van der Waals surface area (Å²) in [6.07, 6.45) is 2.49. The fourth-order valence-electron chi connectivity index (χ4n) is 2.91. The summed E-state index contributed by atoms with van der Waals surface area (Å²) in [4.78, 5) is 24.5. The predicted molar refractivity (Wildman–Crippen MR) is 94.9 cm³/mol. The molecule has 7 heteroatoms. The second kappa shape index (κ2) is 8.03. The molecule has 0 spiro atoms. The van der Waals surface area contributed by atoms with Crippen LogP contribution in [0, 0.1) is 13.8 Å². The summed E-state index contributed by atoms with van der Waals surface area (Å²) < 4.78 is 10.9. The van der Waals surface area contributed by atoms with Crippen LogP contribution >= 0.6 is 0 Å². The second-order valence-electron chi connectivity index (χ2n) is 6.43. The second-order valence-corrected chi connectivity index (χ2v) is 6.43. The van der Waals surface area contributed by atoms with Crippen LogP contribution < -0.4 is 15.4 Å². The van der Waals surface area contributed by atoms with Gasteiger partial charge in [-0.05, 0) is 51.3 Å². The molecule has 138 valence electrons. The van der Waals surface area contributed by atoms with E-state index in [4.69, 9.17) is 9.26 Å². The summed E-state index contributed by atoms with van der Waals surface area (Å²) in [5.74, 6) is 0.884. The van der Waals surface area contributed by atoms with E-state index in [1.165, 1.54) is 0 Å². The Morgan fingerprint density at radius 3 is 3.00 bits per heavy atom. The van der Waals surface area contributed by atoms with E-state index in [0.717, 1.165) is 29.9 Å². The maximum absolute atomic E-state index is 12.5. The van der Waals surface area contributed by atoms with E-state index in [0.29, 0.717) is 30.9 Å². The zero-order chi connectivity index (χ0) is 18.5. The zero-order valence-electron chi connectivity index (χ0n) is 15.0. The van der Waals surface area contributed by atoms with Crippen LogP contribution in [-0.4, -0.2) is 29.6 Å². The molecule has 1 aromatic carbocycles. The van der Waals surface area contributed by atoms with Crippen LogP contribution in [0.3, 0.4) is 0 Å². The molecule has 2 aromatic rings. The first-order chi connectivity index (χ1) is 12.5. The highest BCUT2D eigenvalue weighted by atomic mass is 16.5. The highest BCUT2D eigenvalue weighted by Gasteiger charge is 2.23. The largest absolute Gasteiger partial charge is 0.489 e. The number of benzene rings is 1. The first-order valence-corrected chi connectivity index (χ1v) is 8.78. The zero-order valence-corrected chi connectivity index (χ0v) is 15.0. The molecular formula is C19H23N3O4. The third kappa shape index (κ3) is 4.22. The van der Waals surface area contributed by atoms with Crippen molar-refractivity contribution in [1.29, 1.82) is 0 Å². The van der Waals surface area contributed by atoms with E-state index in [2.05, 4.69) is 15.8 Å². The third-order valence-electron chi connectivity index (χ3n) is 4.50. The van der Waals surface area contributed by atoms with E-state index in [1.807, 2.05) is 13.8 Å². The number of ether oxygens (including phenoxy) is 1. The number of aryl methyl sites for hydroxylation is 2. The number of aromatic nitrogens is 1. The molecule has 1 saturated heterocycles. The lowest BCUT2D eigenvalue weighted by molar-refractivity contribution is -0.122. The van der Waals surface area contributed by atoms with Crippen LogP contribution in [0.1, 0.15) is 46.6 Å². The van der Waals surface area contributed by atoms with Gasteiger partial charge in [0.2, 0.25) is 5.91 Å². The van der Waals surface area contributed by atoms with Crippen molar-refractivity contribution in [3.63, 3.8) is 0 Å². The Balaban J connectivity index is 1.64. The van der Waals surface area contributed by atoms with E-state index in [-0.39, 0.29) is 11.8 Å². The molecule has 0 bridgehead atoms. The number of nitrogens with zero attached hydrogens (tertiary/aromatic N) is 1. The Hall–Kier alpha value is -2.83. The molecule has 1 fully saturated rings. The smallest absolute Gasteiger partial charge is 0.252 e. The van der Waals surface area contributed by atoms with E-state index < -0.39 is 6.04 Å². The SMILES string of the molecule is Cc1noc(C)c1COc1cccc(C(=O)N[C@@H]2CCCCNC2=O)c1. The quantitative estimate of drug-likeness (QED) is 0.856. The topological polar surface area (TPSA) is 93.5 Å². The monoisotopic (exact) mass is 357 g/mol.